The molecule has 0 spiro atoms. The van der Waals surface area contributed by atoms with Crippen LogP contribution in [0.5, 0.6) is 11.5 Å². The maximum absolute atomic E-state index is 11.7. The van der Waals surface area contributed by atoms with Gasteiger partial charge in [-0.05, 0) is 24.1 Å². The molecule has 114 valence electrons. The van der Waals surface area contributed by atoms with Crippen LogP contribution >= 0.6 is 0 Å². The van der Waals surface area contributed by atoms with Gasteiger partial charge in [-0.1, -0.05) is 6.07 Å². The molecule has 0 radical (unpaired) electrons. The highest BCUT2D eigenvalue weighted by molar-refractivity contribution is 5.97. The molecule has 0 aliphatic carbocycles. The number of ether oxygens (including phenoxy) is 2. The van der Waals surface area contributed by atoms with Crippen LogP contribution in [0.1, 0.15) is 30.9 Å². The monoisotopic (exact) mass is 293 g/mol. The molecular weight excluding hydrogens is 274 g/mol. The number of likely N-dealkylation sites (tertiary alicyclic amines) is 1. The molecule has 1 N–H and O–H groups in total. The number of benzene rings is 1. The molecule has 1 unspecified atom stereocenters. The quantitative estimate of drug-likeness (QED) is 0.828. The average Bonchev–Trinajstić information content (AvgIpc) is 2.50. The molecule has 0 saturated carbocycles. The summed E-state index contributed by atoms with van der Waals surface area (Å²) in [6.45, 7) is -0.0346. The molecular formula is C15H19NO5. The Balaban J connectivity index is 2.14. The van der Waals surface area contributed by atoms with Gasteiger partial charge >= 0.3 is 0 Å². The van der Waals surface area contributed by atoms with E-state index in [2.05, 4.69) is 0 Å². The minimum Gasteiger partial charge on any atom is -0.493 e. The standard InChI is InChI=1S/C15H19NO5/c1-20-12-7-6-10(8-13(12)21-2)11(17)9-16-14(18)4-3-5-15(16)19/h6-8,11,17H,3-5,9H2,1-2H3. The maximum Gasteiger partial charge on any atom is 0.229 e. The van der Waals surface area contributed by atoms with Crippen molar-refractivity contribution in [2.75, 3.05) is 20.8 Å². The highest BCUT2D eigenvalue weighted by Crippen LogP contribution is 2.30. The lowest BCUT2D eigenvalue weighted by atomic mass is 10.1. The van der Waals surface area contributed by atoms with Crippen LogP contribution in [0, 0.1) is 0 Å². The molecule has 0 bridgehead atoms. The summed E-state index contributed by atoms with van der Waals surface area (Å²) in [7, 11) is 3.03. The highest BCUT2D eigenvalue weighted by atomic mass is 16.5. The number of carbonyl (C=O) groups excluding carboxylic acids is 2. The predicted octanol–water partition coefficient (Wildman–Crippen LogP) is 1.28. The van der Waals surface area contributed by atoms with Gasteiger partial charge in [0, 0.05) is 12.8 Å². The van der Waals surface area contributed by atoms with Crippen molar-refractivity contribution in [1.29, 1.82) is 0 Å². The van der Waals surface area contributed by atoms with Gasteiger partial charge in [-0.3, -0.25) is 14.5 Å². The Morgan fingerprint density at radius 1 is 1.14 bits per heavy atom. The first-order valence-electron chi connectivity index (χ1n) is 6.80. The fourth-order valence-electron chi connectivity index (χ4n) is 2.34. The first kappa shape index (κ1) is 15.3. The molecule has 6 nitrogen and oxygen atoms in total. The number of rotatable bonds is 5. The molecule has 21 heavy (non-hydrogen) atoms. The third kappa shape index (κ3) is 3.33. The van der Waals surface area contributed by atoms with Crippen LogP contribution in [0.15, 0.2) is 18.2 Å². The largest absolute Gasteiger partial charge is 0.493 e. The van der Waals surface area contributed by atoms with E-state index in [-0.39, 0.29) is 18.4 Å². The van der Waals surface area contributed by atoms with Crippen molar-refractivity contribution in [2.45, 2.75) is 25.4 Å². The molecule has 1 atom stereocenters. The van der Waals surface area contributed by atoms with Crippen molar-refractivity contribution in [3.8, 4) is 11.5 Å². The second kappa shape index (κ2) is 6.58. The van der Waals surface area contributed by atoms with Gasteiger partial charge in [0.1, 0.15) is 0 Å². The number of hydrogen-bond acceptors (Lipinski definition) is 5. The molecule has 1 heterocycles. The predicted molar refractivity (Wildman–Crippen MR) is 75.1 cm³/mol. The summed E-state index contributed by atoms with van der Waals surface area (Å²) in [5, 5.41) is 10.2. The van der Waals surface area contributed by atoms with Crippen molar-refractivity contribution >= 4 is 11.8 Å². The minimum atomic E-state index is -0.948. The number of methoxy groups -OCH3 is 2. The van der Waals surface area contributed by atoms with Crippen LogP contribution in [-0.2, 0) is 9.59 Å². The first-order chi connectivity index (χ1) is 10.1. The van der Waals surface area contributed by atoms with Crippen LogP contribution in [0.3, 0.4) is 0 Å². The number of piperidine rings is 1. The zero-order chi connectivity index (χ0) is 15.4. The molecule has 2 amide bonds. The number of amides is 2. The van der Waals surface area contributed by atoms with Crippen molar-refractivity contribution in [1.82, 2.24) is 4.90 Å². The van der Waals surface area contributed by atoms with Crippen LogP contribution in [0.25, 0.3) is 0 Å². The van der Waals surface area contributed by atoms with E-state index in [1.165, 1.54) is 14.2 Å². The molecule has 6 heteroatoms. The summed E-state index contributed by atoms with van der Waals surface area (Å²) in [5.41, 5.74) is 0.568. The molecule has 1 aromatic rings. The van der Waals surface area contributed by atoms with Gasteiger partial charge < -0.3 is 14.6 Å². The molecule has 1 fully saturated rings. The SMILES string of the molecule is COc1ccc(C(O)CN2C(=O)CCCC2=O)cc1OC. The number of hydrogen-bond donors (Lipinski definition) is 1. The number of nitrogens with zero attached hydrogens (tertiary/aromatic N) is 1. The summed E-state index contributed by atoms with van der Waals surface area (Å²) in [4.78, 5) is 24.6. The van der Waals surface area contributed by atoms with Gasteiger partial charge in [0.25, 0.3) is 0 Å². The topological polar surface area (TPSA) is 76.1 Å². The van der Waals surface area contributed by atoms with E-state index >= 15 is 0 Å². The lowest BCUT2D eigenvalue weighted by Crippen LogP contribution is -2.42. The van der Waals surface area contributed by atoms with Gasteiger partial charge in [-0.25, -0.2) is 0 Å². The summed E-state index contributed by atoms with van der Waals surface area (Å²) in [6, 6.07) is 5.00. The normalized spacial score (nSPS) is 16.8. The van der Waals surface area contributed by atoms with E-state index in [9.17, 15) is 14.7 Å². The van der Waals surface area contributed by atoms with Crippen LogP contribution < -0.4 is 9.47 Å². The molecule has 1 saturated heterocycles. The van der Waals surface area contributed by atoms with E-state index in [1.54, 1.807) is 18.2 Å². The van der Waals surface area contributed by atoms with Gasteiger partial charge in [-0.2, -0.15) is 0 Å². The number of carbonyl (C=O) groups is 2. The van der Waals surface area contributed by atoms with Crippen molar-refractivity contribution in [3.05, 3.63) is 23.8 Å². The van der Waals surface area contributed by atoms with E-state index in [4.69, 9.17) is 9.47 Å². The van der Waals surface area contributed by atoms with Gasteiger partial charge in [0.2, 0.25) is 11.8 Å². The number of β-amino-alcohol motifs (C(OH)–C–C–N with tert-alkyl or cyclic N) is 1. The van der Waals surface area contributed by atoms with E-state index in [0.29, 0.717) is 36.3 Å². The van der Waals surface area contributed by atoms with Crippen molar-refractivity contribution < 1.29 is 24.2 Å². The molecule has 2 rings (SSSR count). The van der Waals surface area contributed by atoms with Crippen molar-refractivity contribution in [2.24, 2.45) is 0 Å². The molecule has 0 aromatic heterocycles. The fourth-order valence-corrected chi connectivity index (χ4v) is 2.34. The Bertz CT molecular complexity index is 527. The summed E-state index contributed by atoms with van der Waals surface area (Å²) in [5.74, 6) is 0.584. The lowest BCUT2D eigenvalue weighted by Gasteiger charge is -2.27. The van der Waals surface area contributed by atoms with Gasteiger partial charge in [0.05, 0.1) is 26.9 Å². The molecule has 1 aliphatic rings. The number of imide groups is 1. The first-order valence-corrected chi connectivity index (χ1v) is 6.80. The average molecular weight is 293 g/mol. The Labute approximate surface area is 123 Å². The number of aliphatic hydroxyl groups is 1. The molecule has 1 aromatic carbocycles. The summed E-state index contributed by atoms with van der Waals surface area (Å²) in [6.07, 6.45) is 0.339. The maximum atomic E-state index is 11.7. The third-order valence-corrected chi connectivity index (χ3v) is 3.53. The van der Waals surface area contributed by atoms with E-state index in [0.717, 1.165) is 4.90 Å². The smallest absolute Gasteiger partial charge is 0.229 e. The Morgan fingerprint density at radius 2 is 1.76 bits per heavy atom. The second-order valence-corrected chi connectivity index (χ2v) is 4.88. The highest BCUT2D eigenvalue weighted by Gasteiger charge is 2.28. The van der Waals surface area contributed by atoms with Crippen molar-refractivity contribution in [3.63, 3.8) is 0 Å². The minimum absolute atomic E-state index is 0.0346. The zero-order valence-corrected chi connectivity index (χ0v) is 12.2. The molecule has 1 aliphatic heterocycles. The second-order valence-electron chi connectivity index (χ2n) is 4.88. The van der Waals surface area contributed by atoms with Crippen LogP contribution in [0.4, 0.5) is 0 Å². The van der Waals surface area contributed by atoms with E-state index < -0.39 is 6.10 Å². The van der Waals surface area contributed by atoms with Gasteiger partial charge in [-0.15, -0.1) is 0 Å². The summed E-state index contributed by atoms with van der Waals surface area (Å²) >= 11 is 0. The van der Waals surface area contributed by atoms with Crippen LogP contribution in [-0.4, -0.2) is 42.6 Å². The fraction of sp³-hybridized carbons (Fsp3) is 0.467. The number of aliphatic hydroxyl groups excluding tert-OH is 1. The van der Waals surface area contributed by atoms with Gasteiger partial charge in [0.15, 0.2) is 11.5 Å². The zero-order valence-electron chi connectivity index (χ0n) is 12.2. The lowest BCUT2D eigenvalue weighted by molar-refractivity contribution is -0.149. The Hall–Kier alpha value is -2.08. The Kier molecular flexibility index (Phi) is 4.80. The summed E-state index contributed by atoms with van der Waals surface area (Å²) < 4.78 is 10.3. The Morgan fingerprint density at radius 3 is 2.33 bits per heavy atom. The van der Waals surface area contributed by atoms with E-state index in [1.807, 2.05) is 0 Å². The third-order valence-electron chi connectivity index (χ3n) is 3.53. The van der Waals surface area contributed by atoms with Crippen LogP contribution in [0.2, 0.25) is 0 Å².